The average molecular weight is 282 g/mol. The Balaban J connectivity index is 2.04. The van der Waals surface area contributed by atoms with Gasteiger partial charge in [-0.2, -0.15) is 0 Å². The predicted molar refractivity (Wildman–Crippen MR) is 84.3 cm³/mol. The van der Waals surface area contributed by atoms with Gasteiger partial charge in [-0.15, -0.1) is 0 Å². The summed E-state index contributed by atoms with van der Waals surface area (Å²) in [6, 6.07) is 10.5. The van der Waals surface area contributed by atoms with Gasteiger partial charge in [-0.3, -0.25) is 4.98 Å². The second kappa shape index (κ2) is 5.49. The summed E-state index contributed by atoms with van der Waals surface area (Å²) in [4.78, 5) is 4.33. The first kappa shape index (κ1) is 14.1. The molecule has 1 aromatic carbocycles. The zero-order chi connectivity index (χ0) is 14.9. The van der Waals surface area contributed by atoms with Gasteiger partial charge in [0.15, 0.2) is 0 Å². The summed E-state index contributed by atoms with van der Waals surface area (Å²) in [6.07, 6.45) is 6.90. The van der Waals surface area contributed by atoms with Crippen LogP contribution in [0.1, 0.15) is 43.4 Å². The van der Waals surface area contributed by atoms with Crippen LogP contribution in [-0.2, 0) is 12.0 Å². The van der Waals surface area contributed by atoms with E-state index in [1.165, 1.54) is 11.1 Å². The zero-order valence-electron chi connectivity index (χ0n) is 12.7. The van der Waals surface area contributed by atoms with Gasteiger partial charge in [0.1, 0.15) is 5.75 Å². The molecule has 1 atom stereocenters. The van der Waals surface area contributed by atoms with E-state index >= 15 is 0 Å². The predicted octanol–water partition coefficient (Wildman–Crippen LogP) is 3.41. The van der Waals surface area contributed by atoms with Crippen molar-refractivity contribution < 1.29 is 4.74 Å². The number of pyridine rings is 1. The highest BCUT2D eigenvalue weighted by atomic mass is 16.5. The number of aromatic nitrogens is 1. The second-order valence-corrected chi connectivity index (χ2v) is 6.06. The summed E-state index contributed by atoms with van der Waals surface area (Å²) in [6.45, 7) is 4.03. The van der Waals surface area contributed by atoms with Crippen molar-refractivity contribution >= 4 is 0 Å². The number of benzene rings is 1. The molecule has 0 spiro atoms. The smallest absolute Gasteiger partial charge is 0.138 e. The number of hydrogen-bond donors (Lipinski definition) is 1. The van der Waals surface area contributed by atoms with Crippen molar-refractivity contribution in [2.75, 3.05) is 0 Å². The summed E-state index contributed by atoms with van der Waals surface area (Å²) >= 11 is 0. The molecule has 0 saturated carbocycles. The molecule has 3 nitrogen and oxygen atoms in total. The topological polar surface area (TPSA) is 48.1 Å². The minimum atomic E-state index is -0.460. The number of rotatable bonds is 3. The lowest BCUT2D eigenvalue weighted by Crippen LogP contribution is -2.41. The first-order valence-electron chi connectivity index (χ1n) is 7.59. The van der Waals surface area contributed by atoms with E-state index in [2.05, 4.69) is 29.2 Å². The van der Waals surface area contributed by atoms with Crippen molar-refractivity contribution in [3.8, 4) is 5.75 Å². The summed E-state index contributed by atoms with van der Waals surface area (Å²) < 4.78 is 5.76. The molecule has 0 fully saturated rings. The SMILES string of the molecule is CC(C)Oc1cncc(C2(N)CCCc3ccccc32)c1. The first-order valence-corrected chi connectivity index (χ1v) is 7.59. The van der Waals surface area contributed by atoms with Gasteiger partial charge < -0.3 is 10.5 Å². The minimum Gasteiger partial charge on any atom is -0.489 e. The third-order valence-electron chi connectivity index (χ3n) is 4.12. The molecule has 0 amide bonds. The van der Waals surface area contributed by atoms with Crippen molar-refractivity contribution in [2.24, 2.45) is 5.73 Å². The van der Waals surface area contributed by atoms with Crippen LogP contribution in [0.4, 0.5) is 0 Å². The van der Waals surface area contributed by atoms with E-state index in [0.717, 1.165) is 30.6 Å². The lowest BCUT2D eigenvalue weighted by molar-refractivity contribution is 0.240. The standard InChI is InChI=1S/C18H22N2O/c1-13(2)21-16-10-15(11-20-12-16)18(19)9-5-7-14-6-3-4-8-17(14)18/h3-4,6,8,10-13H,5,7,9,19H2,1-2H3. The van der Waals surface area contributed by atoms with Gasteiger partial charge in [0.25, 0.3) is 0 Å². The maximum Gasteiger partial charge on any atom is 0.138 e. The van der Waals surface area contributed by atoms with E-state index in [1.807, 2.05) is 26.1 Å². The summed E-state index contributed by atoms with van der Waals surface area (Å²) in [5.74, 6) is 0.787. The summed E-state index contributed by atoms with van der Waals surface area (Å²) in [7, 11) is 0. The Morgan fingerprint density at radius 3 is 2.86 bits per heavy atom. The molecule has 3 heteroatoms. The van der Waals surface area contributed by atoms with Crippen LogP contribution in [0.25, 0.3) is 0 Å². The third kappa shape index (κ3) is 2.66. The van der Waals surface area contributed by atoms with Gasteiger partial charge in [-0.25, -0.2) is 0 Å². The number of nitrogens with zero attached hydrogens (tertiary/aromatic N) is 1. The van der Waals surface area contributed by atoms with Crippen molar-refractivity contribution in [3.63, 3.8) is 0 Å². The van der Waals surface area contributed by atoms with Crippen LogP contribution in [0.2, 0.25) is 0 Å². The number of hydrogen-bond acceptors (Lipinski definition) is 3. The fourth-order valence-electron chi connectivity index (χ4n) is 3.17. The van der Waals surface area contributed by atoms with E-state index in [-0.39, 0.29) is 6.10 Å². The van der Waals surface area contributed by atoms with E-state index in [1.54, 1.807) is 6.20 Å². The van der Waals surface area contributed by atoms with Crippen LogP contribution in [0.15, 0.2) is 42.7 Å². The van der Waals surface area contributed by atoms with Gasteiger partial charge in [0, 0.05) is 6.20 Å². The molecule has 0 bridgehead atoms. The fraction of sp³-hybridized carbons (Fsp3) is 0.389. The Hall–Kier alpha value is -1.87. The van der Waals surface area contributed by atoms with E-state index < -0.39 is 5.54 Å². The second-order valence-electron chi connectivity index (χ2n) is 6.06. The lowest BCUT2D eigenvalue weighted by Gasteiger charge is -2.36. The molecule has 0 aliphatic heterocycles. The quantitative estimate of drug-likeness (QED) is 0.938. The van der Waals surface area contributed by atoms with Crippen molar-refractivity contribution in [1.29, 1.82) is 0 Å². The van der Waals surface area contributed by atoms with E-state index in [0.29, 0.717) is 0 Å². The molecule has 0 saturated heterocycles. The molecule has 21 heavy (non-hydrogen) atoms. The van der Waals surface area contributed by atoms with Crippen LogP contribution >= 0.6 is 0 Å². The highest BCUT2D eigenvalue weighted by molar-refractivity contribution is 5.45. The van der Waals surface area contributed by atoms with Crippen LogP contribution < -0.4 is 10.5 Å². The monoisotopic (exact) mass is 282 g/mol. The number of ether oxygens (including phenoxy) is 1. The zero-order valence-corrected chi connectivity index (χ0v) is 12.7. The molecular weight excluding hydrogens is 260 g/mol. The summed E-state index contributed by atoms with van der Waals surface area (Å²) in [5, 5.41) is 0. The van der Waals surface area contributed by atoms with Crippen molar-refractivity contribution in [1.82, 2.24) is 4.98 Å². The molecular formula is C18H22N2O. The Bertz CT molecular complexity index is 639. The van der Waals surface area contributed by atoms with Gasteiger partial charge in [0.2, 0.25) is 0 Å². The lowest BCUT2D eigenvalue weighted by atomic mass is 9.73. The highest BCUT2D eigenvalue weighted by Gasteiger charge is 2.34. The molecule has 1 unspecified atom stereocenters. The first-order chi connectivity index (χ1) is 10.1. The van der Waals surface area contributed by atoms with Crippen molar-refractivity contribution in [3.05, 3.63) is 59.4 Å². The van der Waals surface area contributed by atoms with Gasteiger partial charge in [-0.05, 0) is 55.9 Å². The molecule has 2 aromatic rings. The Morgan fingerprint density at radius 1 is 1.24 bits per heavy atom. The average Bonchev–Trinajstić information content (AvgIpc) is 2.47. The molecule has 0 radical (unpaired) electrons. The molecule has 1 aromatic heterocycles. The van der Waals surface area contributed by atoms with Crippen molar-refractivity contribution in [2.45, 2.75) is 44.8 Å². The van der Waals surface area contributed by atoms with E-state index in [4.69, 9.17) is 10.5 Å². The molecule has 110 valence electrons. The maximum absolute atomic E-state index is 6.80. The largest absolute Gasteiger partial charge is 0.489 e. The fourth-order valence-corrected chi connectivity index (χ4v) is 3.17. The van der Waals surface area contributed by atoms with Gasteiger partial charge in [0.05, 0.1) is 17.8 Å². The number of fused-ring (bicyclic) bond motifs is 1. The molecule has 3 rings (SSSR count). The van der Waals surface area contributed by atoms with Gasteiger partial charge in [-0.1, -0.05) is 24.3 Å². The molecule has 1 aliphatic rings. The summed E-state index contributed by atoms with van der Waals surface area (Å²) in [5.41, 5.74) is 9.94. The third-order valence-corrected chi connectivity index (χ3v) is 4.12. The molecule has 2 N–H and O–H groups in total. The number of nitrogens with two attached hydrogens (primary N) is 1. The normalized spacial score (nSPS) is 21.1. The van der Waals surface area contributed by atoms with E-state index in [9.17, 15) is 0 Å². The van der Waals surface area contributed by atoms with Gasteiger partial charge >= 0.3 is 0 Å². The maximum atomic E-state index is 6.80. The van der Waals surface area contributed by atoms with Crippen LogP contribution in [-0.4, -0.2) is 11.1 Å². The Kier molecular flexibility index (Phi) is 3.68. The van der Waals surface area contributed by atoms with Crippen LogP contribution in [0.5, 0.6) is 5.75 Å². The Morgan fingerprint density at radius 2 is 2.05 bits per heavy atom. The highest BCUT2D eigenvalue weighted by Crippen LogP contribution is 2.39. The Labute approximate surface area is 126 Å². The van der Waals surface area contributed by atoms with Crippen LogP contribution in [0.3, 0.4) is 0 Å². The minimum absolute atomic E-state index is 0.134. The molecule has 1 heterocycles. The van der Waals surface area contributed by atoms with Crippen LogP contribution in [0, 0.1) is 0 Å². The molecule has 1 aliphatic carbocycles. The number of aryl methyl sites for hydroxylation is 1.